The molecule has 4 heteroatoms. The average molecular weight is 293 g/mol. The molecule has 3 aromatic rings. The quantitative estimate of drug-likeness (QED) is 0.593. The maximum absolute atomic E-state index is 4.44. The van der Waals surface area contributed by atoms with Crippen LogP contribution in [0.15, 0.2) is 48.5 Å². The van der Waals surface area contributed by atoms with Gasteiger partial charge in [0, 0.05) is 23.8 Å². The molecule has 21 heavy (non-hydrogen) atoms. The Kier molecular flexibility index (Phi) is 2.90. The van der Waals surface area contributed by atoms with Crippen molar-refractivity contribution in [1.29, 1.82) is 0 Å². The number of hydrogen-bond acceptors (Lipinski definition) is 2. The molecule has 1 aromatic heterocycles. The SMILES string of the molecule is Cn1nnc2c1-c1ccccc1CC(P)c1ccccc1-2. The first-order chi connectivity index (χ1) is 10.3. The van der Waals surface area contributed by atoms with Gasteiger partial charge in [-0.1, -0.05) is 53.7 Å². The van der Waals surface area contributed by atoms with Gasteiger partial charge in [-0.2, -0.15) is 0 Å². The van der Waals surface area contributed by atoms with Gasteiger partial charge in [0.1, 0.15) is 5.69 Å². The summed E-state index contributed by atoms with van der Waals surface area (Å²) in [5, 5.41) is 8.70. The van der Waals surface area contributed by atoms with E-state index in [0.717, 1.165) is 17.8 Å². The zero-order valence-corrected chi connectivity index (χ0v) is 13.0. The number of aryl methyl sites for hydroxylation is 1. The molecule has 1 heterocycles. The molecule has 1 aliphatic rings. The monoisotopic (exact) mass is 293 g/mol. The van der Waals surface area contributed by atoms with E-state index >= 15 is 0 Å². The Balaban J connectivity index is 2.11. The zero-order chi connectivity index (χ0) is 14.4. The van der Waals surface area contributed by atoms with Crippen LogP contribution in [0.1, 0.15) is 16.8 Å². The van der Waals surface area contributed by atoms with Crippen molar-refractivity contribution in [3.8, 4) is 22.5 Å². The van der Waals surface area contributed by atoms with Gasteiger partial charge in [0.15, 0.2) is 0 Å². The van der Waals surface area contributed by atoms with Crippen LogP contribution in [0, 0.1) is 0 Å². The number of rotatable bonds is 0. The fourth-order valence-corrected chi connectivity index (χ4v) is 3.70. The van der Waals surface area contributed by atoms with Crippen molar-refractivity contribution >= 4 is 9.24 Å². The summed E-state index contributed by atoms with van der Waals surface area (Å²) in [7, 11) is 4.94. The van der Waals surface area contributed by atoms with Crippen molar-refractivity contribution in [2.45, 2.75) is 12.1 Å². The fraction of sp³-hybridized carbons (Fsp3) is 0.176. The number of aromatic nitrogens is 3. The molecule has 0 saturated carbocycles. The molecule has 2 unspecified atom stereocenters. The van der Waals surface area contributed by atoms with Gasteiger partial charge in [0.05, 0.1) is 5.69 Å². The fourth-order valence-electron chi connectivity index (χ4n) is 3.15. The first-order valence-corrected chi connectivity index (χ1v) is 7.75. The van der Waals surface area contributed by atoms with Crippen LogP contribution >= 0.6 is 9.24 Å². The summed E-state index contributed by atoms with van der Waals surface area (Å²) in [6.45, 7) is 0. The summed E-state index contributed by atoms with van der Waals surface area (Å²) in [5.41, 5.74) is 7.56. The molecule has 2 aromatic carbocycles. The average Bonchev–Trinajstić information content (AvgIpc) is 2.88. The minimum absolute atomic E-state index is 0.387. The molecule has 0 aliphatic heterocycles. The van der Waals surface area contributed by atoms with Crippen LogP contribution in [0.4, 0.5) is 0 Å². The second-order valence-electron chi connectivity index (χ2n) is 5.47. The molecule has 0 saturated heterocycles. The third-order valence-corrected chi connectivity index (χ3v) is 4.75. The van der Waals surface area contributed by atoms with Gasteiger partial charge in [-0.15, -0.1) is 14.3 Å². The molecule has 0 radical (unpaired) electrons. The zero-order valence-electron chi connectivity index (χ0n) is 11.8. The van der Waals surface area contributed by atoms with E-state index in [1.54, 1.807) is 0 Å². The Morgan fingerprint density at radius 1 is 1.05 bits per heavy atom. The Labute approximate surface area is 126 Å². The van der Waals surface area contributed by atoms with Crippen molar-refractivity contribution in [2.24, 2.45) is 7.05 Å². The van der Waals surface area contributed by atoms with Crippen LogP contribution in [0.5, 0.6) is 0 Å². The summed E-state index contributed by atoms with van der Waals surface area (Å²) in [4.78, 5) is 0. The van der Waals surface area contributed by atoms with Crippen LogP contribution < -0.4 is 0 Å². The van der Waals surface area contributed by atoms with E-state index in [9.17, 15) is 0 Å². The van der Waals surface area contributed by atoms with Crippen molar-refractivity contribution in [1.82, 2.24) is 15.0 Å². The molecular weight excluding hydrogens is 277 g/mol. The lowest BCUT2D eigenvalue weighted by molar-refractivity contribution is 0.720. The summed E-state index contributed by atoms with van der Waals surface area (Å²) in [5.74, 6) is 0. The van der Waals surface area contributed by atoms with E-state index in [1.165, 1.54) is 22.3 Å². The Morgan fingerprint density at radius 2 is 1.76 bits per heavy atom. The minimum atomic E-state index is 0.387. The minimum Gasteiger partial charge on any atom is -0.247 e. The molecule has 3 nitrogen and oxygen atoms in total. The van der Waals surface area contributed by atoms with Crippen LogP contribution in [0.3, 0.4) is 0 Å². The van der Waals surface area contributed by atoms with Gasteiger partial charge in [-0.05, 0) is 17.5 Å². The molecule has 0 amide bonds. The van der Waals surface area contributed by atoms with E-state index in [-0.39, 0.29) is 0 Å². The van der Waals surface area contributed by atoms with Crippen LogP contribution in [-0.4, -0.2) is 15.0 Å². The van der Waals surface area contributed by atoms with Gasteiger partial charge in [0.2, 0.25) is 0 Å². The molecule has 1 aliphatic carbocycles. The third kappa shape index (κ3) is 1.92. The lowest BCUT2D eigenvalue weighted by Gasteiger charge is -2.21. The van der Waals surface area contributed by atoms with Crippen molar-refractivity contribution < 1.29 is 0 Å². The van der Waals surface area contributed by atoms with E-state index in [0.29, 0.717) is 5.66 Å². The van der Waals surface area contributed by atoms with Gasteiger partial charge in [-0.3, -0.25) is 0 Å². The van der Waals surface area contributed by atoms with E-state index in [4.69, 9.17) is 0 Å². The summed E-state index contributed by atoms with van der Waals surface area (Å²) in [6.07, 6.45) is 1.00. The highest BCUT2D eigenvalue weighted by molar-refractivity contribution is 7.17. The van der Waals surface area contributed by atoms with Gasteiger partial charge in [-0.25, -0.2) is 4.68 Å². The summed E-state index contributed by atoms with van der Waals surface area (Å²) < 4.78 is 1.88. The number of nitrogens with zero attached hydrogens (tertiary/aromatic N) is 3. The Bertz CT molecular complexity index is 822. The van der Waals surface area contributed by atoms with E-state index < -0.39 is 0 Å². The lowest BCUT2D eigenvalue weighted by Crippen LogP contribution is -2.05. The van der Waals surface area contributed by atoms with Gasteiger partial charge < -0.3 is 0 Å². The van der Waals surface area contributed by atoms with E-state index in [1.807, 2.05) is 11.7 Å². The Morgan fingerprint density at radius 3 is 2.62 bits per heavy atom. The van der Waals surface area contributed by atoms with Gasteiger partial charge >= 0.3 is 0 Å². The topological polar surface area (TPSA) is 30.7 Å². The van der Waals surface area contributed by atoms with Crippen LogP contribution in [-0.2, 0) is 13.5 Å². The highest BCUT2D eigenvalue weighted by Crippen LogP contribution is 2.42. The molecule has 0 fully saturated rings. The maximum Gasteiger partial charge on any atom is 0.121 e. The molecular formula is C17H16N3P. The normalized spacial score (nSPS) is 16.4. The number of hydrogen-bond donors (Lipinski definition) is 0. The highest BCUT2D eigenvalue weighted by Gasteiger charge is 2.24. The predicted molar refractivity (Wildman–Crippen MR) is 88.0 cm³/mol. The summed E-state index contributed by atoms with van der Waals surface area (Å²) >= 11 is 0. The maximum atomic E-state index is 4.44. The predicted octanol–water partition coefficient (Wildman–Crippen LogP) is 3.62. The van der Waals surface area contributed by atoms with Crippen LogP contribution in [0.25, 0.3) is 22.5 Å². The summed E-state index contributed by atoms with van der Waals surface area (Å²) in [6, 6.07) is 17.1. The molecule has 0 bridgehead atoms. The second-order valence-corrected chi connectivity index (χ2v) is 6.27. The molecule has 104 valence electrons. The lowest BCUT2D eigenvalue weighted by atomic mass is 9.89. The second kappa shape index (κ2) is 4.78. The highest BCUT2D eigenvalue weighted by atomic mass is 31.0. The van der Waals surface area contributed by atoms with Gasteiger partial charge in [0.25, 0.3) is 0 Å². The Hall–Kier alpha value is -1.99. The largest absolute Gasteiger partial charge is 0.247 e. The molecule has 4 rings (SSSR count). The van der Waals surface area contributed by atoms with Crippen molar-refractivity contribution in [3.05, 3.63) is 59.7 Å². The first kappa shape index (κ1) is 12.7. The number of fused-ring (bicyclic) bond motifs is 5. The first-order valence-electron chi connectivity index (χ1n) is 7.08. The third-order valence-electron chi connectivity index (χ3n) is 4.15. The smallest absolute Gasteiger partial charge is 0.121 e. The van der Waals surface area contributed by atoms with Crippen molar-refractivity contribution in [2.75, 3.05) is 0 Å². The molecule has 2 atom stereocenters. The standard InChI is InChI=1S/C17H16N3P/c1-20-17-12-7-3-2-6-11(12)10-15(21)13-8-4-5-9-14(13)16(17)18-19-20/h2-9,15H,10,21H2,1H3. The van der Waals surface area contributed by atoms with Crippen LogP contribution in [0.2, 0.25) is 0 Å². The van der Waals surface area contributed by atoms with Crippen molar-refractivity contribution in [3.63, 3.8) is 0 Å². The molecule has 0 spiro atoms. The molecule has 0 N–H and O–H groups in total. The number of benzene rings is 2. The van der Waals surface area contributed by atoms with E-state index in [2.05, 4.69) is 68.1 Å².